The Morgan fingerprint density at radius 3 is 2.61 bits per heavy atom. The Morgan fingerprint density at radius 1 is 1.11 bits per heavy atom. The summed E-state index contributed by atoms with van der Waals surface area (Å²) in [6.07, 6.45) is 3.13. The molecule has 0 aliphatic carbocycles. The van der Waals surface area contributed by atoms with Crippen LogP contribution in [0.5, 0.6) is 0 Å². The van der Waals surface area contributed by atoms with Gasteiger partial charge in [-0.25, -0.2) is 0 Å². The standard InChI is InChI=1S/C16H15NO/c1-12-5-4-7-14(11-12)15-8-3-2-6-13(15)9-10-16(17)18/h2-11H,1H3,(H2,17,18)/b10-9+. The lowest BCUT2D eigenvalue weighted by Crippen LogP contribution is -2.05. The summed E-state index contributed by atoms with van der Waals surface area (Å²) in [7, 11) is 0. The van der Waals surface area contributed by atoms with Gasteiger partial charge in [-0.15, -0.1) is 0 Å². The zero-order chi connectivity index (χ0) is 13.0. The van der Waals surface area contributed by atoms with Crippen LogP contribution >= 0.6 is 0 Å². The molecule has 0 saturated carbocycles. The first-order valence-corrected chi connectivity index (χ1v) is 5.80. The van der Waals surface area contributed by atoms with Gasteiger partial charge >= 0.3 is 0 Å². The highest BCUT2D eigenvalue weighted by Crippen LogP contribution is 2.25. The summed E-state index contributed by atoms with van der Waals surface area (Å²) in [5.74, 6) is -0.436. The van der Waals surface area contributed by atoms with E-state index in [1.54, 1.807) is 6.08 Å². The fourth-order valence-electron chi connectivity index (χ4n) is 1.89. The maximum atomic E-state index is 10.8. The van der Waals surface area contributed by atoms with Crippen molar-refractivity contribution in [1.29, 1.82) is 0 Å². The average Bonchev–Trinajstić information content (AvgIpc) is 2.36. The van der Waals surface area contributed by atoms with Crippen LogP contribution in [0.1, 0.15) is 11.1 Å². The summed E-state index contributed by atoms with van der Waals surface area (Å²) >= 11 is 0. The molecule has 18 heavy (non-hydrogen) atoms. The Balaban J connectivity index is 2.48. The van der Waals surface area contributed by atoms with Crippen molar-refractivity contribution >= 4 is 12.0 Å². The lowest BCUT2D eigenvalue weighted by atomic mass is 9.98. The van der Waals surface area contributed by atoms with Crippen LogP contribution < -0.4 is 5.73 Å². The lowest BCUT2D eigenvalue weighted by molar-refractivity contribution is -0.113. The highest BCUT2D eigenvalue weighted by atomic mass is 16.1. The lowest BCUT2D eigenvalue weighted by Gasteiger charge is -2.07. The minimum absolute atomic E-state index is 0.436. The minimum Gasteiger partial charge on any atom is -0.366 e. The number of hydrogen-bond acceptors (Lipinski definition) is 1. The molecule has 2 aromatic carbocycles. The Hall–Kier alpha value is -2.35. The molecular weight excluding hydrogens is 222 g/mol. The van der Waals surface area contributed by atoms with Gasteiger partial charge < -0.3 is 5.73 Å². The first-order valence-electron chi connectivity index (χ1n) is 5.80. The number of carbonyl (C=O) groups is 1. The van der Waals surface area contributed by atoms with Crippen molar-refractivity contribution in [2.45, 2.75) is 6.92 Å². The molecule has 0 heterocycles. The topological polar surface area (TPSA) is 43.1 Å². The van der Waals surface area contributed by atoms with Gasteiger partial charge in [-0.2, -0.15) is 0 Å². The molecule has 2 N–H and O–H groups in total. The fraction of sp³-hybridized carbons (Fsp3) is 0.0625. The fourth-order valence-corrected chi connectivity index (χ4v) is 1.89. The number of nitrogens with two attached hydrogens (primary N) is 1. The van der Waals surface area contributed by atoms with Crippen LogP contribution in [0.3, 0.4) is 0 Å². The van der Waals surface area contributed by atoms with E-state index >= 15 is 0 Å². The number of primary amides is 1. The predicted molar refractivity (Wildman–Crippen MR) is 74.8 cm³/mol. The summed E-state index contributed by atoms with van der Waals surface area (Å²) in [4.78, 5) is 10.8. The number of rotatable bonds is 3. The van der Waals surface area contributed by atoms with Gasteiger partial charge in [0.1, 0.15) is 0 Å². The van der Waals surface area contributed by atoms with Crippen LogP contribution in [-0.4, -0.2) is 5.91 Å². The second-order valence-corrected chi connectivity index (χ2v) is 4.19. The van der Waals surface area contributed by atoms with Crippen molar-refractivity contribution in [3.63, 3.8) is 0 Å². The van der Waals surface area contributed by atoms with Crippen molar-refractivity contribution in [3.8, 4) is 11.1 Å². The summed E-state index contributed by atoms with van der Waals surface area (Å²) < 4.78 is 0. The third-order valence-corrected chi connectivity index (χ3v) is 2.72. The second kappa shape index (κ2) is 5.32. The number of benzene rings is 2. The van der Waals surface area contributed by atoms with E-state index in [0.29, 0.717) is 0 Å². The molecule has 2 aromatic rings. The summed E-state index contributed by atoms with van der Waals surface area (Å²) in [6, 6.07) is 16.2. The molecule has 1 amide bonds. The van der Waals surface area contributed by atoms with Gasteiger partial charge in [-0.1, -0.05) is 54.1 Å². The Morgan fingerprint density at radius 2 is 1.89 bits per heavy atom. The molecule has 2 nitrogen and oxygen atoms in total. The molecule has 0 atom stereocenters. The number of hydrogen-bond donors (Lipinski definition) is 1. The molecule has 2 rings (SSSR count). The molecular formula is C16H15NO. The largest absolute Gasteiger partial charge is 0.366 e. The van der Waals surface area contributed by atoms with Crippen LogP contribution in [0.2, 0.25) is 0 Å². The van der Waals surface area contributed by atoms with E-state index in [0.717, 1.165) is 16.7 Å². The summed E-state index contributed by atoms with van der Waals surface area (Å²) in [5.41, 5.74) is 9.56. The van der Waals surface area contributed by atoms with Gasteiger partial charge in [0, 0.05) is 6.08 Å². The molecule has 0 bridgehead atoms. The third-order valence-electron chi connectivity index (χ3n) is 2.72. The third kappa shape index (κ3) is 2.86. The van der Waals surface area contributed by atoms with Crippen molar-refractivity contribution in [2.24, 2.45) is 5.73 Å². The number of aryl methyl sites for hydroxylation is 1. The van der Waals surface area contributed by atoms with Gasteiger partial charge in [-0.05, 0) is 29.7 Å². The van der Waals surface area contributed by atoms with Crippen LogP contribution in [0, 0.1) is 6.92 Å². The van der Waals surface area contributed by atoms with Gasteiger partial charge in [-0.3, -0.25) is 4.79 Å². The molecule has 90 valence electrons. The molecule has 2 heteroatoms. The molecule has 0 saturated heterocycles. The quantitative estimate of drug-likeness (QED) is 0.819. The van der Waals surface area contributed by atoms with Crippen molar-refractivity contribution in [2.75, 3.05) is 0 Å². The van der Waals surface area contributed by atoms with E-state index < -0.39 is 5.91 Å². The highest BCUT2D eigenvalue weighted by molar-refractivity contribution is 5.91. The molecule has 0 aliphatic rings. The summed E-state index contributed by atoms with van der Waals surface area (Å²) in [6.45, 7) is 2.06. The van der Waals surface area contributed by atoms with Crippen LogP contribution in [0.25, 0.3) is 17.2 Å². The predicted octanol–water partition coefficient (Wildman–Crippen LogP) is 3.16. The Bertz CT molecular complexity index is 600. The van der Waals surface area contributed by atoms with E-state index in [4.69, 9.17) is 5.73 Å². The van der Waals surface area contributed by atoms with Gasteiger partial charge in [0.2, 0.25) is 5.91 Å². The highest BCUT2D eigenvalue weighted by Gasteiger charge is 2.02. The second-order valence-electron chi connectivity index (χ2n) is 4.19. The molecule has 0 fully saturated rings. The SMILES string of the molecule is Cc1cccc(-c2ccccc2/C=C/C(N)=O)c1. The molecule has 0 unspecified atom stereocenters. The maximum absolute atomic E-state index is 10.8. The summed E-state index contributed by atoms with van der Waals surface area (Å²) in [5, 5.41) is 0. The van der Waals surface area contributed by atoms with Gasteiger partial charge in [0.25, 0.3) is 0 Å². The smallest absolute Gasteiger partial charge is 0.241 e. The minimum atomic E-state index is -0.436. The van der Waals surface area contributed by atoms with E-state index in [9.17, 15) is 4.79 Å². The zero-order valence-corrected chi connectivity index (χ0v) is 10.3. The maximum Gasteiger partial charge on any atom is 0.241 e. The molecule has 0 aliphatic heterocycles. The first kappa shape index (κ1) is 12.1. The number of carbonyl (C=O) groups excluding carboxylic acids is 1. The van der Waals surface area contributed by atoms with E-state index in [-0.39, 0.29) is 0 Å². The zero-order valence-electron chi connectivity index (χ0n) is 10.3. The molecule has 0 radical (unpaired) electrons. The Labute approximate surface area is 107 Å². The van der Waals surface area contributed by atoms with E-state index in [1.165, 1.54) is 11.6 Å². The first-order chi connectivity index (χ1) is 8.66. The van der Waals surface area contributed by atoms with Crippen molar-refractivity contribution in [3.05, 3.63) is 65.7 Å². The molecule has 0 spiro atoms. The van der Waals surface area contributed by atoms with Crippen molar-refractivity contribution in [1.82, 2.24) is 0 Å². The van der Waals surface area contributed by atoms with E-state index in [1.807, 2.05) is 30.3 Å². The van der Waals surface area contributed by atoms with Crippen LogP contribution in [0.15, 0.2) is 54.6 Å². The van der Waals surface area contributed by atoms with Crippen molar-refractivity contribution < 1.29 is 4.79 Å². The Kier molecular flexibility index (Phi) is 3.58. The monoisotopic (exact) mass is 237 g/mol. The molecule has 0 aromatic heterocycles. The van der Waals surface area contributed by atoms with Crippen LogP contribution in [0.4, 0.5) is 0 Å². The van der Waals surface area contributed by atoms with Gasteiger partial charge in [0.15, 0.2) is 0 Å². The van der Waals surface area contributed by atoms with Gasteiger partial charge in [0.05, 0.1) is 0 Å². The normalized spacial score (nSPS) is 10.7. The van der Waals surface area contributed by atoms with E-state index in [2.05, 4.69) is 25.1 Å². The number of amides is 1. The average molecular weight is 237 g/mol. The van der Waals surface area contributed by atoms with Crippen LogP contribution in [-0.2, 0) is 4.79 Å².